The minimum Gasteiger partial charge on any atom is -0.366 e. The average molecular weight is 316 g/mol. The quantitative estimate of drug-likeness (QED) is 0.913. The fraction of sp³-hybridized carbons (Fsp3) is 0. The van der Waals surface area contributed by atoms with E-state index >= 15 is 0 Å². The van der Waals surface area contributed by atoms with Gasteiger partial charge in [0, 0.05) is 15.7 Å². The molecular weight excluding hydrogens is 306 g/mol. The second kappa shape index (κ2) is 5.55. The van der Waals surface area contributed by atoms with E-state index in [1.165, 1.54) is 0 Å². The van der Waals surface area contributed by atoms with Crippen molar-refractivity contribution >= 4 is 33.2 Å². The molecule has 2 rings (SSSR count). The fourth-order valence-electron chi connectivity index (χ4n) is 1.56. The molecule has 0 aliphatic heterocycles. The van der Waals surface area contributed by atoms with Crippen LogP contribution in [-0.2, 0) is 0 Å². The zero-order valence-corrected chi connectivity index (χ0v) is 11.4. The predicted octanol–water partition coefficient (Wildman–Crippen LogP) is 3.16. The first kappa shape index (κ1) is 13.1. The number of benzene rings is 2. The number of hydrogen-bond donors (Lipinski definition) is 2. The molecule has 0 heterocycles. The van der Waals surface area contributed by atoms with Crippen molar-refractivity contribution in [2.75, 3.05) is 5.32 Å². The van der Waals surface area contributed by atoms with E-state index < -0.39 is 5.91 Å². The van der Waals surface area contributed by atoms with Crippen LogP contribution in [0.5, 0.6) is 0 Å². The average Bonchev–Trinajstić information content (AvgIpc) is 2.41. The van der Waals surface area contributed by atoms with Crippen LogP contribution in [-0.4, -0.2) is 5.91 Å². The van der Waals surface area contributed by atoms with Crippen molar-refractivity contribution in [1.29, 1.82) is 5.26 Å². The SMILES string of the molecule is N#Cc1ccc(Nc2ccc(C(N)=O)cc2)c(Br)c1. The summed E-state index contributed by atoms with van der Waals surface area (Å²) in [6.45, 7) is 0. The summed E-state index contributed by atoms with van der Waals surface area (Å²) < 4.78 is 0.797. The standard InChI is InChI=1S/C14H10BrN3O/c15-12-7-9(8-16)1-6-13(12)18-11-4-2-10(3-5-11)14(17)19/h1-7,18H,(H2,17,19). The topological polar surface area (TPSA) is 78.9 Å². The van der Waals surface area contributed by atoms with Crippen molar-refractivity contribution in [1.82, 2.24) is 0 Å². The monoisotopic (exact) mass is 315 g/mol. The number of carbonyl (C=O) groups excluding carboxylic acids is 1. The number of nitriles is 1. The van der Waals surface area contributed by atoms with Crippen LogP contribution in [0.25, 0.3) is 0 Å². The van der Waals surface area contributed by atoms with E-state index in [0.29, 0.717) is 11.1 Å². The largest absolute Gasteiger partial charge is 0.366 e. The Morgan fingerprint density at radius 3 is 2.42 bits per heavy atom. The van der Waals surface area contributed by atoms with Crippen molar-refractivity contribution in [2.45, 2.75) is 0 Å². The molecule has 0 saturated heterocycles. The van der Waals surface area contributed by atoms with Gasteiger partial charge in [0.05, 0.1) is 17.3 Å². The number of nitrogens with zero attached hydrogens (tertiary/aromatic N) is 1. The van der Waals surface area contributed by atoms with Gasteiger partial charge < -0.3 is 11.1 Å². The van der Waals surface area contributed by atoms with Gasteiger partial charge in [0.15, 0.2) is 0 Å². The molecule has 3 N–H and O–H groups in total. The van der Waals surface area contributed by atoms with Crippen LogP contribution in [0.2, 0.25) is 0 Å². The molecule has 0 unspecified atom stereocenters. The number of hydrogen-bond acceptors (Lipinski definition) is 3. The molecule has 19 heavy (non-hydrogen) atoms. The third-order valence-electron chi connectivity index (χ3n) is 2.55. The number of nitrogens with one attached hydrogen (secondary N) is 1. The fourth-order valence-corrected chi connectivity index (χ4v) is 2.04. The summed E-state index contributed by atoms with van der Waals surface area (Å²) in [5.41, 5.74) is 7.89. The second-order valence-corrected chi connectivity index (χ2v) is 4.73. The van der Waals surface area contributed by atoms with Crippen molar-refractivity contribution in [2.24, 2.45) is 5.73 Å². The molecule has 5 heteroatoms. The van der Waals surface area contributed by atoms with Gasteiger partial charge in [-0.1, -0.05) is 0 Å². The van der Waals surface area contributed by atoms with E-state index in [9.17, 15) is 4.79 Å². The molecule has 4 nitrogen and oxygen atoms in total. The number of primary amides is 1. The van der Waals surface area contributed by atoms with Crippen LogP contribution in [0, 0.1) is 11.3 Å². The first-order chi connectivity index (χ1) is 9.10. The van der Waals surface area contributed by atoms with Gasteiger partial charge >= 0.3 is 0 Å². The van der Waals surface area contributed by atoms with Crippen molar-refractivity contribution < 1.29 is 4.79 Å². The molecule has 2 aromatic rings. The lowest BCUT2D eigenvalue weighted by molar-refractivity contribution is 0.100. The van der Waals surface area contributed by atoms with Gasteiger partial charge in [0.1, 0.15) is 0 Å². The van der Waals surface area contributed by atoms with Crippen LogP contribution >= 0.6 is 15.9 Å². The Morgan fingerprint density at radius 2 is 1.89 bits per heavy atom. The summed E-state index contributed by atoms with van der Waals surface area (Å²) in [6.07, 6.45) is 0. The lowest BCUT2D eigenvalue weighted by Gasteiger charge is -2.09. The molecule has 0 spiro atoms. The van der Waals surface area contributed by atoms with Gasteiger partial charge in [0.2, 0.25) is 5.91 Å². The summed E-state index contributed by atoms with van der Waals surface area (Å²) >= 11 is 3.40. The number of nitrogens with two attached hydrogens (primary N) is 1. The molecule has 0 saturated carbocycles. The molecule has 0 fully saturated rings. The van der Waals surface area contributed by atoms with Gasteiger partial charge in [-0.2, -0.15) is 5.26 Å². The summed E-state index contributed by atoms with van der Waals surface area (Å²) in [5.74, 6) is -0.453. The molecule has 1 amide bonds. The minimum atomic E-state index is -0.453. The van der Waals surface area contributed by atoms with E-state index in [4.69, 9.17) is 11.0 Å². The van der Waals surface area contributed by atoms with Crippen LogP contribution in [0.4, 0.5) is 11.4 Å². The maximum atomic E-state index is 11.0. The first-order valence-corrected chi connectivity index (χ1v) is 6.26. The molecule has 0 aliphatic carbocycles. The Hall–Kier alpha value is -2.32. The van der Waals surface area contributed by atoms with Crippen LogP contribution in [0.3, 0.4) is 0 Å². The zero-order valence-electron chi connectivity index (χ0n) is 9.85. The van der Waals surface area contributed by atoms with Crippen LogP contribution in [0.1, 0.15) is 15.9 Å². The molecule has 0 aromatic heterocycles. The third-order valence-corrected chi connectivity index (χ3v) is 3.20. The summed E-state index contributed by atoms with van der Waals surface area (Å²) in [7, 11) is 0. The Balaban J connectivity index is 2.22. The number of amides is 1. The molecule has 0 bridgehead atoms. The Morgan fingerprint density at radius 1 is 1.21 bits per heavy atom. The van der Waals surface area contributed by atoms with E-state index in [1.54, 1.807) is 36.4 Å². The predicted molar refractivity (Wildman–Crippen MR) is 77.1 cm³/mol. The highest BCUT2D eigenvalue weighted by Gasteiger charge is 2.03. The molecular formula is C14H10BrN3O. The van der Waals surface area contributed by atoms with E-state index in [-0.39, 0.29) is 0 Å². The van der Waals surface area contributed by atoms with Gasteiger partial charge in [0.25, 0.3) is 0 Å². The van der Waals surface area contributed by atoms with Crippen molar-refractivity contribution in [3.05, 3.63) is 58.1 Å². The van der Waals surface area contributed by atoms with Gasteiger partial charge in [-0.15, -0.1) is 0 Å². The molecule has 0 atom stereocenters. The Bertz CT molecular complexity index is 659. The lowest BCUT2D eigenvalue weighted by atomic mass is 10.2. The Kier molecular flexibility index (Phi) is 3.83. The van der Waals surface area contributed by atoms with E-state index in [1.807, 2.05) is 6.07 Å². The highest BCUT2D eigenvalue weighted by molar-refractivity contribution is 9.10. The maximum Gasteiger partial charge on any atom is 0.248 e. The zero-order chi connectivity index (χ0) is 13.8. The van der Waals surface area contributed by atoms with Crippen molar-refractivity contribution in [3.8, 4) is 6.07 Å². The summed E-state index contributed by atoms with van der Waals surface area (Å²) in [4.78, 5) is 11.0. The molecule has 2 aromatic carbocycles. The Labute approximate surface area is 119 Å². The second-order valence-electron chi connectivity index (χ2n) is 3.87. The van der Waals surface area contributed by atoms with Crippen molar-refractivity contribution in [3.63, 3.8) is 0 Å². The van der Waals surface area contributed by atoms with Gasteiger partial charge in [-0.25, -0.2) is 0 Å². The number of halogens is 1. The molecule has 0 radical (unpaired) electrons. The molecule has 94 valence electrons. The summed E-state index contributed by atoms with van der Waals surface area (Å²) in [6, 6.07) is 14.2. The number of carbonyl (C=O) groups is 1. The highest BCUT2D eigenvalue weighted by Crippen LogP contribution is 2.26. The lowest BCUT2D eigenvalue weighted by Crippen LogP contribution is -2.10. The third kappa shape index (κ3) is 3.12. The normalized spacial score (nSPS) is 9.68. The van der Waals surface area contributed by atoms with Gasteiger partial charge in [-0.05, 0) is 58.4 Å². The number of rotatable bonds is 3. The minimum absolute atomic E-state index is 0.453. The number of anilines is 2. The van der Waals surface area contributed by atoms with Crippen LogP contribution < -0.4 is 11.1 Å². The highest BCUT2D eigenvalue weighted by atomic mass is 79.9. The van der Waals surface area contributed by atoms with E-state index in [0.717, 1.165) is 15.8 Å². The van der Waals surface area contributed by atoms with Crippen LogP contribution in [0.15, 0.2) is 46.9 Å². The van der Waals surface area contributed by atoms with Gasteiger partial charge in [-0.3, -0.25) is 4.79 Å². The molecule has 0 aliphatic rings. The first-order valence-electron chi connectivity index (χ1n) is 5.46. The summed E-state index contributed by atoms with van der Waals surface area (Å²) in [5, 5.41) is 12.0. The maximum absolute atomic E-state index is 11.0. The smallest absolute Gasteiger partial charge is 0.248 e. The van der Waals surface area contributed by atoms with E-state index in [2.05, 4.69) is 27.3 Å².